The van der Waals surface area contributed by atoms with Gasteiger partial charge in [0.2, 0.25) is 0 Å². The molecule has 0 aliphatic rings. The standard InChI is InChI=1S/C7H7ClN2O2S/c1-10(7(12)6(9)11)5-3-2-4(8)13-5/h2-3H,1H3,(H2,9,11). The number of carbonyl (C=O) groups is 2. The monoisotopic (exact) mass is 218 g/mol. The average Bonchev–Trinajstić information content (AvgIpc) is 2.49. The van der Waals surface area contributed by atoms with E-state index in [1.54, 1.807) is 12.1 Å². The van der Waals surface area contributed by atoms with Crippen LogP contribution in [0.15, 0.2) is 12.1 Å². The second-order valence-corrected chi connectivity index (χ2v) is 4.00. The SMILES string of the molecule is CN(C(=O)C(N)=O)c1ccc(Cl)s1. The first-order valence-electron chi connectivity index (χ1n) is 3.35. The Kier molecular flexibility index (Phi) is 2.90. The van der Waals surface area contributed by atoms with E-state index < -0.39 is 11.8 Å². The van der Waals surface area contributed by atoms with Crippen LogP contribution in [0.5, 0.6) is 0 Å². The fraction of sp³-hybridized carbons (Fsp3) is 0.143. The molecule has 1 aromatic rings. The highest BCUT2D eigenvalue weighted by Gasteiger charge is 2.17. The van der Waals surface area contributed by atoms with Crippen molar-refractivity contribution in [3.63, 3.8) is 0 Å². The van der Waals surface area contributed by atoms with Crippen LogP contribution < -0.4 is 10.6 Å². The molecule has 0 saturated heterocycles. The lowest BCUT2D eigenvalue weighted by Crippen LogP contribution is -2.37. The summed E-state index contributed by atoms with van der Waals surface area (Å²) in [7, 11) is 1.47. The summed E-state index contributed by atoms with van der Waals surface area (Å²) >= 11 is 6.86. The van der Waals surface area contributed by atoms with Gasteiger partial charge in [-0.05, 0) is 12.1 Å². The second kappa shape index (κ2) is 3.76. The van der Waals surface area contributed by atoms with Gasteiger partial charge in [0.05, 0.1) is 9.34 Å². The highest BCUT2D eigenvalue weighted by atomic mass is 35.5. The molecule has 70 valence electrons. The van der Waals surface area contributed by atoms with Crippen molar-refractivity contribution in [3.05, 3.63) is 16.5 Å². The average molecular weight is 219 g/mol. The Hall–Kier alpha value is -1.07. The van der Waals surface area contributed by atoms with E-state index in [-0.39, 0.29) is 0 Å². The molecule has 6 heteroatoms. The van der Waals surface area contributed by atoms with Crippen LogP contribution in [-0.4, -0.2) is 18.9 Å². The number of rotatable bonds is 1. The molecule has 2 amide bonds. The van der Waals surface area contributed by atoms with E-state index in [1.165, 1.54) is 23.3 Å². The van der Waals surface area contributed by atoms with Crippen LogP contribution >= 0.6 is 22.9 Å². The van der Waals surface area contributed by atoms with E-state index in [2.05, 4.69) is 0 Å². The summed E-state index contributed by atoms with van der Waals surface area (Å²) in [5.74, 6) is -1.73. The van der Waals surface area contributed by atoms with Gasteiger partial charge in [-0.15, -0.1) is 11.3 Å². The number of amides is 2. The number of nitrogens with two attached hydrogens (primary N) is 1. The first kappa shape index (κ1) is 10.0. The van der Waals surface area contributed by atoms with Crippen LogP contribution in [0.25, 0.3) is 0 Å². The Balaban J connectivity index is 2.85. The zero-order valence-corrected chi connectivity index (χ0v) is 8.35. The van der Waals surface area contributed by atoms with Gasteiger partial charge in [0.25, 0.3) is 0 Å². The van der Waals surface area contributed by atoms with Crippen LogP contribution in [0.2, 0.25) is 4.34 Å². The molecular weight excluding hydrogens is 212 g/mol. The molecule has 0 saturated carbocycles. The molecule has 0 aromatic carbocycles. The summed E-state index contributed by atoms with van der Waals surface area (Å²) in [6.07, 6.45) is 0. The van der Waals surface area contributed by atoms with E-state index in [0.29, 0.717) is 9.34 Å². The minimum absolute atomic E-state index is 0.555. The lowest BCUT2D eigenvalue weighted by Gasteiger charge is -2.11. The number of anilines is 1. The molecule has 0 radical (unpaired) electrons. The zero-order chi connectivity index (χ0) is 10.0. The third-order valence-corrected chi connectivity index (χ3v) is 2.71. The van der Waals surface area contributed by atoms with Crippen molar-refractivity contribution in [2.24, 2.45) is 5.73 Å². The molecule has 0 unspecified atom stereocenters. The van der Waals surface area contributed by atoms with Gasteiger partial charge in [-0.2, -0.15) is 0 Å². The highest BCUT2D eigenvalue weighted by molar-refractivity contribution is 7.20. The minimum atomic E-state index is -0.980. The van der Waals surface area contributed by atoms with Crippen LogP contribution in [0.4, 0.5) is 5.00 Å². The van der Waals surface area contributed by atoms with Gasteiger partial charge in [0, 0.05) is 7.05 Å². The third kappa shape index (κ3) is 2.19. The van der Waals surface area contributed by atoms with Gasteiger partial charge >= 0.3 is 11.8 Å². The largest absolute Gasteiger partial charge is 0.361 e. The van der Waals surface area contributed by atoms with E-state index >= 15 is 0 Å². The van der Waals surface area contributed by atoms with Gasteiger partial charge in [-0.3, -0.25) is 14.5 Å². The maximum Gasteiger partial charge on any atom is 0.316 e. The summed E-state index contributed by atoms with van der Waals surface area (Å²) in [5, 5.41) is 0.591. The Bertz CT molecular complexity index is 350. The van der Waals surface area contributed by atoms with Gasteiger partial charge in [-0.1, -0.05) is 11.6 Å². The molecule has 1 rings (SSSR count). The van der Waals surface area contributed by atoms with Crippen LogP contribution in [0.1, 0.15) is 0 Å². The predicted octanol–water partition coefficient (Wildman–Crippen LogP) is 0.850. The van der Waals surface area contributed by atoms with Crippen LogP contribution in [-0.2, 0) is 9.59 Å². The maximum atomic E-state index is 11.1. The van der Waals surface area contributed by atoms with Crippen LogP contribution in [0.3, 0.4) is 0 Å². The van der Waals surface area contributed by atoms with Crippen molar-refractivity contribution >= 4 is 39.8 Å². The summed E-state index contributed by atoms with van der Waals surface area (Å²) in [5.41, 5.74) is 4.82. The molecule has 4 nitrogen and oxygen atoms in total. The van der Waals surface area contributed by atoms with E-state index in [9.17, 15) is 9.59 Å². The molecule has 0 atom stereocenters. The van der Waals surface area contributed by atoms with E-state index in [1.807, 2.05) is 0 Å². The number of likely N-dealkylation sites (N-methyl/N-ethyl adjacent to an activating group) is 1. The first-order chi connectivity index (χ1) is 6.02. The molecule has 0 fully saturated rings. The number of thiophene rings is 1. The normalized spacial score (nSPS) is 9.69. The van der Waals surface area contributed by atoms with Crippen molar-refractivity contribution < 1.29 is 9.59 Å². The molecular formula is C7H7ClN2O2S. The van der Waals surface area contributed by atoms with Crippen molar-refractivity contribution in [1.82, 2.24) is 0 Å². The molecule has 1 aromatic heterocycles. The van der Waals surface area contributed by atoms with Gasteiger partial charge in [0.15, 0.2) is 0 Å². The summed E-state index contributed by atoms with van der Waals surface area (Å²) in [6, 6.07) is 3.29. The molecule has 0 aliphatic heterocycles. The Morgan fingerprint density at radius 1 is 1.54 bits per heavy atom. The van der Waals surface area contributed by atoms with Crippen molar-refractivity contribution in [2.75, 3.05) is 11.9 Å². The zero-order valence-electron chi connectivity index (χ0n) is 6.78. The van der Waals surface area contributed by atoms with E-state index in [4.69, 9.17) is 17.3 Å². The summed E-state index contributed by atoms with van der Waals surface area (Å²) < 4.78 is 0.555. The Morgan fingerprint density at radius 3 is 2.54 bits per heavy atom. The number of halogens is 1. The lowest BCUT2D eigenvalue weighted by atomic mass is 10.5. The van der Waals surface area contributed by atoms with Gasteiger partial charge in [-0.25, -0.2) is 0 Å². The Morgan fingerprint density at radius 2 is 2.15 bits per heavy atom. The fourth-order valence-electron chi connectivity index (χ4n) is 0.750. The van der Waals surface area contributed by atoms with Crippen molar-refractivity contribution in [1.29, 1.82) is 0 Å². The summed E-state index contributed by atoms with van der Waals surface area (Å²) in [4.78, 5) is 22.8. The number of carbonyl (C=O) groups excluding carboxylic acids is 2. The molecule has 1 heterocycles. The molecule has 13 heavy (non-hydrogen) atoms. The van der Waals surface area contributed by atoms with Crippen molar-refractivity contribution in [3.8, 4) is 0 Å². The van der Waals surface area contributed by atoms with Gasteiger partial charge in [0.1, 0.15) is 0 Å². The summed E-state index contributed by atoms with van der Waals surface area (Å²) in [6.45, 7) is 0. The minimum Gasteiger partial charge on any atom is -0.361 e. The lowest BCUT2D eigenvalue weighted by molar-refractivity contribution is -0.135. The number of nitrogens with zero attached hydrogens (tertiary/aromatic N) is 1. The number of hydrogen-bond acceptors (Lipinski definition) is 3. The molecule has 2 N–H and O–H groups in total. The quantitative estimate of drug-likeness (QED) is 0.711. The smallest absolute Gasteiger partial charge is 0.316 e. The maximum absolute atomic E-state index is 11.1. The fourth-order valence-corrected chi connectivity index (χ4v) is 1.74. The first-order valence-corrected chi connectivity index (χ1v) is 4.54. The highest BCUT2D eigenvalue weighted by Crippen LogP contribution is 2.28. The molecule has 0 bridgehead atoms. The van der Waals surface area contributed by atoms with Gasteiger partial charge < -0.3 is 5.73 Å². The number of primary amides is 1. The molecule has 0 spiro atoms. The topological polar surface area (TPSA) is 63.4 Å². The Labute approximate surface area is 83.9 Å². The van der Waals surface area contributed by atoms with Crippen molar-refractivity contribution in [2.45, 2.75) is 0 Å². The van der Waals surface area contributed by atoms with E-state index in [0.717, 1.165) is 0 Å². The number of hydrogen-bond donors (Lipinski definition) is 1. The molecule has 0 aliphatic carbocycles. The second-order valence-electron chi connectivity index (χ2n) is 2.31. The van der Waals surface area contributed by atoms with Crippen LogP contribution in [0, 0.1) is 0 Å². The third-order valence-electron chi connectivity index (χ3n) is 1.41. The predicted molar refractivity (Wildman–Crippen MR) is 51.9 cm³/mol.